The largest absolute Gasteiger partial charge is 0.481 e. The van der Waals surface area contributed by atoms with Gasteiger partial charge in [0.1, 0.15) is 5.65 Å². The third-order valence-electron chi connectivity index (χ3n) is 3.90. The van der Waals surface area contributed by atoms with Crippen LogP contribution in [0.3, 0.4) is 0 Å². The van der Waals surface area contributed by atoms with Gasteiger partial charge in [0.15, 0.2) is 0 Å². The quantitative estimate of drug-likeness (QED) is 0.803. The SMILES string of the molecule is Cc1ccc(-c2nc3c(C)cccn3c2CC(=O)O)c(C)c1. The molecule has 0 aliphatic heterocycles. The number of rotatable bonds is 3. The van der Waals surface area contributed by atoms with E-state index in [1.807, 2.05) is 55.6 Å². The molecule has 2 heterocycles. The van der Waals surface area contributed by atoms with Crippen LogP contribution in [0.4, 0.5) is 0 Å². The Morgan fingerprint density at radius 3 is 2.64 bits per heavy atom. The summed E-state index contributed by atoms with van der Waals surface area (Å²) in [6, 6.07) is 10.0. The first-order valence-electron chi connectivity index (χ1n) is 7.23. The Morgan fingerprint density at radius 2 is 1.95 bits per heavy atom. The molecule has 112 valence electrons. The van der Waals surface area contributed by atoms with Crippen LogP contribution in [0, 0.1) is 20.8 Å². The maximum atomic E-state index is 11.3. The van der Waals surface area contributed by atoms with Gasteiger partial charge in [-0.1, -0.05) is 29.8 Å². The van der Waals surface area contributed by atoms with E-state index in [0.717, 1.165) is 33.7 Å². The number of fused-ring (bicyclic) bond motifs is 1. The minimum atomic E-state index is -0.852. The average molecular weight is 294 g/mol. The molecular weight excluding hydrogens is 276 g/mol. The van der Waals surface area contributed by atoms with Gasteiger partial charge in [-0.05, 0) is 38.0 Å². The Bertz CT molecular complexity index is 878. The number of nitrogens with zero attached hydrogens (tertiary/aromatic N) is 2. The maximum absolute atomic E-state index is 11.3. The van der Waals surface area contributed by atoms with Crippen molar-refractivity contribution in [2.75, 3.05) is 0 Å². The van der Waals surface area contributed by atoms with Crippen LogP contribution in [0.1, 0.15) is 22.4 Å². The predicted octanol–water partition coefficient (Wildman–Crippen LogP) is 3.55. The van der Waals surface area contributed by atoms with E-state index in [2.05, 4.69) is 6.07 Å². The molecule has 0 aliphatic carbocycles. The molecule has 1 N–H and O–H groups in total. The van der Waals surface area contributed by atoms with Gasteiger partial charge in [0, 0.05) is 11.8 Å². The Balaban J connectivity index is 2.32. The highest BCUT2D eigenvalue weighted by molar-refractivity contribution is 5.77. The van der Waals surface area contributed by atoms with Gasteiger partial charge >= 0.3 is 5.97 Å². The summed E-state index contributed by atoms with van der Waals surface area (Å²) in [5, 5.41) is 9.26. The van der Waals surface area contributed by atoms with Gasteiger partial charge in [-0.3, -0.25) is 4.79 Å². The van der Waals surface area contributed by atoms with Crippen LogP contribution in [-0.4, -0.2) is 20.5 Å². The fraction of sp³-hybridized carbons (Fsp3) is 0.222. The monoisotopic (exact) mass is 294 g/mol. The zero-order valence-corrected chi connectivity index (χ0v) is 12.9. The number of carboxylic acids is 1. The van der Waals surface area contributed by atoms with Gasteiger partial charge in [0.05, 0.1) is 17.8 Å². The van der Waals surface area contributed by atoms with Crippen molar-refractivity contribution in [3.05, 3.63) is 58.9 Å². The standard InChI is InChI=1S/C18H18N2O2/c1-11-6-7-14(13(3)9-11)17-15(10-16(21)22)20-8-4-5-12(2)18(20)19-17/h4-9H,10H2,1-3H3,(H,21,22). The van der Waals surface area contributed by atoms with Gasteiger partial charge in [0.25, 0.3) is 0 Å². The van der Waals surface area contributed by atoms with Gasteiger partial charge in [-0.25, -0.2) is 4.98 Å². The Labute approximate surface area is 129 Å². The first-order valence-corrected chi connectivity index (χ1v) is 7.23. The zero-order valence-electron chi connectivity index (χ0n) is 12.9. The van der Waals surface area contributed by atoms with Gasteiger partial charge in [-0.15, -0.1) is 0 Å². The number of benzene rings is 1. The first-order chi connectivity index (χ1) is 10.5. The second kappa shape index (κ2) is 5.30. The van der Waals surface area contributed by atoms with Crippen LogP contribution in [0.25, 0.3) is 16.9 Å². The highest BCUT2D eigenvalue weighted by Gasteiger charge is 2.18. The van der Waals surface area contributed by atoms with Crippen molar-refractivity contribution in [3.8, 4) is 11.3 Å². The molecule has 1 aromatic carbocycles. The normalized spacial score (nSPS) is 11.0. The fourth-order valence-electron chi connectivity index (χ4n) is 2.86. The van der Waals surface area contributed by atoms with Crippen LogP contribution in [-0.2, 0) is 11.2 Å². The van der Waals surface area contributed by atoms with Crippen molar-refractivity contribution < 1.29 is 9.90 Å². The average Bonchev–Trinajstić information content (AvgIpc) is 2.79. The molecule has 0 fully saturated rings. The van der Waals surface area contributed by atoms with E-state index >= 15 is 0 Å². The first kappa shape index (κ1) is 14.3. The number of imidazole rings is 1. The summed E-state index contributed by atoms with van der Waals surface area (Å²) in [5.41, 5.74) is 6.60. The highest BCUT2D eigenvalue weighted by atomic mass is 16.4. The second-order valence-electron chi connectivity index (χ2n) is 5.68. The van der Waals surface area contributed by atoms with Gasteiger partial charge in [-0.2, -0.15) is 0 Å². The second-order valence-corrected chi connectivity index (χ2v) is 5.68. The van der Waals surface area contributed by atoms with E-state index < -0.39 is 5.97 Å². The molecule has 0 atom stereocenters. The van der Waals surface area contributed by atoms with Gasteiger partial charge in [0.2, 0.25) is 0 Å². The third-order valence-corrected chi connectivity index (χ3v) is 3.90. The molecule has 0 bridgehead atoms. The minimum Gasteiger partial charge on any atom is -0.481 e. The number of pyridine rings is 1. The van der Waals surface area contributed by atoms with E-state index in [0.29, 0.717) is 0 Å². The van der Waals surface area contributed by atoms with Crippen LogP contribution in [0.2, 0.25) is 0 Å². The van der Waals surface area contributed by atoms with Crippen molar-refractivity contribution in [1.82, 2.24) is 9.38 Å². The minimum absolute atomic E-state index is 0.0483. The Morgan fingerprint density at radius 1 is 1.18 bits per heavy atom. The van der Waals surface area contributed by atoms with E-state index in [1.165, 1.54) is 5.56 Å². The van der Waals surface area contributed by atoms with Crippen molar-refractivity contribution in [2.45, 2.75) is 27.2 Å². The maximum Gasteiger partial charge on any atom is 0.309 e. The predicted molar refractivity (Wildman–Crippen MR) is 86.2 cm³/mol. The summed E-state index contributed by atoms with van der Waals surface area (Å²) >= 11 is 0. The molecule has 3 rings (SSSR count). The lowest BCUT2D eigenvalue weighted by atomic mass is 10.0. The van der Waals surface area contributed by atoms with Crippen molar-refractivity contribution in [1.29, 1.82) is 0 Å². The van der Waals surface area contributed by atoms with E-state index in [1.54, 1.807) is 0 Å². The third kappa shape index (κ3) is 2.37. The molecule has 2 aromatic heterocycles. The molecule has 22 heavy (non-hydrogen) atoms. The molecule has 0 spiro atoms. The lowest BCUT2D eigenvalue weighted by molar-refractivity contribution is -0.136. The van der Waals surface area contributed by atoms with E-state index in [-0.39, 0.29) is 6.42 Å². The fourth-order valence-corrected chi connectivity index (χ4v) is 2.86. The molecule has 0 unspecified atom stereocenters. The Kier molecular flexibility index (Phi) is 3.45. The van der Waals surface area contributed by atoms with Crippen molar-refractivity contribution in [2.24, 2.45) is 0 Å². The topological polar surface area (TPSA) is 54.6 Å². The summed E-state index contributed by atoms with van der Waals surface area (Å²) in [4.78, 5) is 16.0. The number of hydrogen-bond donors (Lipinski definition) is 1. The lowest BCUT2D eigenvalue weighted by Crippen LogP contribution is -2.05. The zero-order chi connectivity index (χ0) is 15.9. The van der Waals surface area contributed by atoms with Crippen LogP contribution in [0.5, 0.6) is 0 Å². The molecule has 0 amide bonds. The smallest absolute Gasteiger partial charge is 0.309 e. The number of hydrogen-bond acceptors (Lipinski definition) is 2. The molecule has 0 saturated carbocycles. The lowest BCUT2D eigenvalue weighted by Gasteiger charge is -2.07. The van der Waals surface area contributed by atoms with Crippen molar-refractivity contribution >= 4 is 11.6 Å². The number of aliphatic carboxylic acids is 1. The summed E-state index contributed by atoms with van der Waals surface area (Å²) < 4.78 is 1.89. The van der Waals surface area contributed by atoms with E-state index in [9.17, 15) is 9.90 Å². The number of aromatic nitrogens is 2. The van der Waals surface area contributed by atoms with E-state index in [4.69, 9.17) is 4.98 Å². The molecule has 4 nitrogen and oxygen atoms in total. The number of carboxylic acid groups (broad SMARTS) is 1. The summed E-state index contributed by atoms with van der Waals surface area (Å²) in [5.74, 6) is -0.852. The molecule has 3 aromatic rings. The van der Waals surface area contributed by atoms with Crippen molar-refractivity contribution in [3.63, 3.8) is 0 Å². The van der Waals surface area contributed by atoms with Gasteiger partial charge < -0.3 is 9.51 Å². The number of carbonyl (C=O) groups is 1. The number of aryl methyl sites for hydroxylation is 3. The molecule has 0 radical (unpaired) electrons. The Hall–Kier alpha value is -2.62. The summed E-state index contributed by atoms with van der Waals surface area (Å²) in [6.45, 7) is 6.06. The highest BCUT2D eigenvalue weighted by Crippen LogP contribution is 2.29. The van der Waals surface area contributed by atoms with Crippen LogP contribution < -0.4 is 0 Å². The molecule has 0 aliphatic rings. The molecule has 0 saturated heterocycles. The molecule has 4 heteroatoms. The summed E-state index contributed by atoms with van der Waals surface area (Å²) in [6.07, 6.45) is 1.83. The molecular formula is C18H18N2O2. The summed E-state index contributed by atoms with van der Waals surface area (Å²) in [7, 11) is 0. The van der Waals surface area contributed by atoms with Crippen LogP contribution >= 0.6 is 0 Å². The van der Waals surface area contributed by atoms with Crippen LogP contribution in [0.15, 0.2) is 36.5 Å².